The lowest BCUT2D eigenvalue weighted by molar-refractivity contribution is -0.125. The van der Waals surface area contributed by atoms with Gasteiger partial charge >= 0.3 is 0 Å². The van der Waals surface area contributed by atoms with Gasteiger partial charge in [0.2, 0.25) is 5.91 Å². The number of amidine groups is 1. The maximum Gasteiger partial charge on any atom is 0.294 e. The lowest BCUT2D eigenvalue weighted by Gasteiger charge is -2.13. The van der Waals surface area contributed by atoms with E-state index in [4.69, 9.17) is 0 Å². The molecule has 0 unspecified atom stereocenters. The summed E-state index contributed by atoms with van der Waals surface area (Å²) < 4.78 is 28.3. The van der Waals surface area contributed by atoms with Gasteiger partial charge in [-0.05, 0) is 17.9 Å². The number of rotatable bonds is 5. The molecule has 1 aliphatic heterocycles. The predicted octanol–water partition coefficient (Wildman–Crippen LogP) is 2.33. The van der Waals surface area contributed by atoms with Crippen molar-refractivity contribution < 1.29 is 13.2 Å². The van der Waals surface area contributed by atoms with Crippen molar-refractivity contribution in [1.29, 1.82) is 0 Å². The molecule has 108 valence electrons. The monoisotopic (exact) mass is 330 g/mol. The van der Waals surface area contributed by atoms with Crippen molar-refractivity contribution in [2.75, 3.05) is 6.54 Å². The summed E-state index contributed by atoms with van der Waals surface area (Å²) in [5.74, 6) is -0.113. The molecule has 20 heavy (non-hydrogen) atoms. The van der Waals surface area contributed by atoms with Gasteiger partial charge in [0.1, 0.15) is 4.21 Å². The Balaban J connectivity index is 2.37. The highest BCUT2D eigenvalue weighted by molar-refractivity contribution is 8.16. The Kier molecular flexibility index (Phi) is 4.66. The number of amides is 1. The van der Waals surface area contributed by atoms with Crippen molar-refractivity contribution >= 4 is 44.2 Å². The van der Waals surface area contributed by atoms with Crippen molar-refractivity contribution in [3.63, 3.8) is 0 Å². The van der Waals surface area contributed by atoms with Gasteiger partial charge in [-0.3, -0.25) is 9.69 Å². The summed E-state index contributed by atoms with van der Waals surface area (Å²) in [6, 6.07) is 3.15. The number of nitrogens with zero attached hydrogens (tertiary/aromatic N) is 2. The highest BCUT2D eigenvalue weighted by atomic mass is 32.2. The molecule has 1 aromatic heterocycles. The van der Waals surface area contributed by atoms with E-state index in [2.05, 4.69) is 11.0 Å². The number of thiophene rings is 1. The van der Waals surface area contributed by atoms with Gasteiger partial charge in [0.25, 0.3) is 10.0 Å². The fourth-order valence-electron chi connectivity index (χ4n) is 1.69. The molecule has 1 aliphatic rings. The van der Waals surface area contributed by atoms with Crippen LogP contribution < -0.4 is 0 Å². The predicted molar refractivity (Wildman–Crippen MR) is 82.5 cm³/mol. The van der Waals surface area contributed by atoms with Crippen LogP contribution in [0.15, 0.2) is 38.8 Å². The lowest BCUT2D eigenvalue weighted by Crippen LogP contribution is -2.32. The van der Waals surface area contributed by atoms with Crippen LogP contribution in [-0.4, -0.2) is 36.2 Å². The van der Waals surface area contributed by atoms with Crippen LogP contribution in [0.5, 0.6) is 0 Å². The summed E-state index contributed by atoms with van der Waals surface area (Å²) >= 11 is 2.30. The summed E-state index contributed by atoms with van der Waals surface area (Å²) in [7, 11) is -3.75. The third-order valence-corrected chi connectivity index (χ3v) is 6.75. The first-order valence-corrected chi connectivity index (χ1v) is 9.17. The van der Waals surface area contributed by atoms with Crippen LogP contribution in [0.25, 0.3) is 0 Å². The molecule has 8 heteroatoms. The molecule has 1 aromatic rings. The Hall–Kier alpha value is -1.12. The molecule has 1 saturated heterocycles. The van der Waals surface area contributed by atoms with Crippen molar-refractivity contribution in [2.24, 2.45) is 4.40 Å². The van der Waals surface area contributed by atoms with Crippen LogP contribution in [0.4, 0.5) is 0 Å². The van der Waals surface area contributed by atoms with Crippen LogP contribution in [-0.2, 0) is 14.8 Å². The summed E-state index contributed by atoms with van der Waals surface area (Å²) in [5, 5.41) is 1.64. The Bertz CT molecular complexity index is 635. The third kappa shape index (κ3) is 2.97. The second-order valence-electron chi connectivity index (χ2n) is 4.03. The Morgan fingerprint density at radius 2 is 2.30 bits per heavy atom. The average Bonchev–Trinajstić information content (AvgIpc) is 3.02. The lowest BCUT2D eigenvalue weighted by atomic mass is 10.3. The maximum absolute atomic E-state index is 12.1. The SMILES string of the molecule is C=CCN1C(=O)[C@@H](CC)SC1=NS(=O)(=O)c1cccs1. The first kappa shape index (κ1) is 15.3. The average molecular weight is 330 g/mol. The van der Waals surface area contributed by atoms with E-state index in [1.807, 2.05) is 6.92 Å². The molecule has 0 saturated carbocycles. The number of thioether (sulfide) groups is 1. The molecule has 0 N–H and O–H groups in total. The van der Waals surface area contributed by atoms with Crippen LogP contribution in [0.1, 0.15) is 13.3 Å². The zero-order chi connectivity index (χ0) is 14.8. The molecule has 0 aromatic carbocycles. The highest BCUT2D eigenvalue weighted by Crippen LogP contribution is 2.31. The van der Waals surface area contributed by atoms with Gasteiger partial charge in [0, 0.05) is 6.54 Å². The van der Waals surface area contributed by atoms with E-state index >= 15 is 0 Å². The maximum atomic E-state index is 12.1. The van der Waals surface area contributed by atoms with E-state index in [1.165, 1.54) is 22.7 Å². The normalized spacial score (nSPS) is 21.6. The standard InChI is InChI=1S/C12H14N2O3S3/c1-3-7-14-11(15)9(4-2)19-12(14)13-20(16,17)10-6-5-8-18-10/h3,5-6,8-9H,1,4,7H2,2H3/t9-/m1/s1. The van der Waals surface area contributed by atoms with Gasteiger partial charge in [0.15, 0.2) is 5.17 Å². The Morgan fingerprint density at radius 1 is 1.55 bits per heavy atom. The first-order chi connectivity index (χ1) is 9.49. The summed E-state index contributed by atoms with van der Waals surface area (Å²) in [6.45, 7) is 5.74. The zero-order valence-electron chi connectivity index (χ0n) is 10.9. The number of sulfonamides is 1. The van der Waals surface area contributed by atoms with Crippen molar-refractivity contribution in [1.82, 2.24) is 4.90 Å². The number of hydrogen-bond donors (Lipinski definition) is 0. The summed E-state index contributed by atoms with van der Waals surface area (Å²) in [5.41, 5.74) is 0. The Labute approximate surface area is 126 Å². The molecule has 2 heterocycles. The minimum Gasteiger partial charge on any atom is -0.286 e. The van der Waals surface area contributed by atoms with Gasteiger partial charge in [-0.1, -0.05) is 30.8 Å². The van der Waals surface area contributed by atoms with Crippen LogP contribution >= 0.6 is 23.1 Å². The molecular weight excluding hydrogens is 316 g/mol. The molecule has 0 aliphatic carbocycles. The van der Waals surface area contributed by atoms with Crippen molar-refractivity contribution in [3.05, 3.63) is 30.2 Å². The fourth-order valence-corrected chi connectivity index (χ4v) is 4.96. The largest absolute Gasteiger partial charge is 0.294 e. The van der Waals surface area contributed by atoms with Crippen LogP contribution in [0, 0.1) is 0 Å². The van der Waals surface area contributed by atoms with Crippen LogP contribution in [0.3, 0.4) is 0 Å². The van der Waals surface area contributed by atoms with Gasteiger partial charge in [-0.2, -0.15) is 8.42 Å². The molecular formula is C12H14N2O3S3. The summed E-state index contributed by atoms with van der Waals surface area (Å²) in [6.07, 6.45) is 2.19. The molecule has 0 spiro atoms. The van der Waals surface area contributed by atoms with Crippen molar-refractivity contribution in [3.8, 4) is 0 Å². The van der Waals surface area contributed by atoms with Crippen molar-refractivity contribution in [2.45, 2.75) is 22.8 Å². The molecule has 0 bridgehead atoms. The van der Waals surface area contributed by atoms with E-state index in [0.717, 1.165) is 11.3 Å². The highest BCUT2D eigenvalue weighted by Gasteiger charge is 2.37. The van der Waals surface area contributed by atoms with Gasteiger partial charge in [-0.25, -0.2) is 0 Å². The molecule has 2 rings (SSSR count). The molecule has 1 amide bonds. The third-order valence-electron chi connectivity index (χ3n) is 2.65. The summed E-state index contributed by atoms with van der Waals surface area (Å²) in [4.78, 5) is 13.5. The fraction of sp³-hybridized carbons (Fsp3) is 0.333. The molecule has 0 radical (unpaired) electrons. The van der Waals surface area contributed by atoms with Gasteiger partial charge < -0.3 is 0 Å². The minimum absolute atomic E-state index is 0.113. The first-order valence-electron chi connectivity index (χ1n) is 5.97. The second-order valence-corrected chi connectivity index (χ2v) is 7.98. The minimum atomic E-state index is -3.75. The van der Waals surface area contributed by atoms with E-state index in [0.29, 0.717) is 6.42 Å². The zero-order valence-corrected chi connectivity index (χ0v) is 13.3. The van der Waals surface area contributed by atoms with Gasteiger partial charge in [0.05, 0.1) is 5.25 Å². The van der Waals surface area contributed by atoms with E-state index in [9.17, 15) is 13.2 Å². The second kappa shape index (κ2) is 6.11. The molecule has 1 fully saturated rings. The Morgan fingerprint density at radius 3 is 2.85 bits per heavy atom. The number of carbonyl (C=O) groups excluding carboxylic acids is 1. The number of hydrogen-bond acceptors (Lipinski definition) is 5. The molecule has 5 nitrogen and oxygen atoms in total. The van der Waals surface area contributed by atoms with Gasteiger partial charge in [-0.15, -0.1) is 22.3 Å². The van der Waals surface area contributed by atoms with E-state index < -0.39 is 10.0 Å². The number of carbonyl (C=O) groups is 1. The van der Waals surface area contributed by atoms with Crippen LogP contribution in [0.2, 0.25) is 0 Å². The quantitative estimate of drug-likeness (QED) is 0.777. The molecule has 1 atom stereocenters. The smallest absolute Gasteiger partial charge is 0.286 e. The van der Waals surface area contributed by atoms with E-state index in [1.54, 1.807) is 17.5 Å². The topological polar surface area (TPSA) is 66.8 Å². The van der Waals surface area contributed by atoms with E-state index in [-0.39, 0.29) is 27.1 Å².